The van der Waals surface area contributed by atoms with Gasteiger partial charge in [-0.15, -0.1) is 0 Å². The van der Waals surface area contributed by atoms with Gasteiger partial charge in [0, 0.05) is 31.6 Å². The van der Waals surface area contributed by atoms with Crippen LogP contribution in [0.1, 0.15) is 35.2 Å². The van der Waals surface area contributed by atoms with Crippen molar-refractivity contribution in [3.05, 3.63) is 65.7 Å². The first-order valence-electron chi connectivity index (χ1n) is 9.39. The molecular formula is C22H26N2O3. The third-order valence-corrected chi connectivity index (χ3v) is 5.02. The number of hydrogen-bond acceptors (Lipinski definition) is 3. The second-order valence-electron chi connectivity index (χ2n) is 6.93. The van der Waals surface area contributed by atoms with Gasteiger partial charge in [0.25, 0.3) is 5.91 Å². The van der Waals surface area contributed by atoms with Gasteiger partial charge in [0.05, 0.1) is 7.11 Å². The molecule has 2 aromatic rings. The minimum atomic E-state index is 0.0608. The smallest absolute Gasteiger partial charge is 0.253 e. The second kappa shape index (κ2) is 9.21. The van der Waals surface area contributed by atoms with Gasteiger partial charge in [0.15, 0.2) is 0 Å². The highest BCUT2D eigenvalue weighted by Gasteiger charge is 2.24. The first-order valence-corrected chi connectivity index (χ1v) is 9.39. The average Bonchev–Trinajstić information content (AvgIpc) is 2.73. The van der Waals surface area contributed by atoms with Gasteiger partial charge in [-0.3, -0.25) is 9.59 Å². The van der Waals surface area contributed by atoms with Crippen molar-refractivity contribution >= 4 is 11.8 Å². The van der Waals surface area contributed by atoms with Crippen molar-refractivity contribution in [2.45, 2.75) is 25.8 Å². The number of piperidine rings is 1. The standard InChI is InChI=1S/C22H26N2O3/c1-27-20-9-5-6-18(14-20)16-23-21(25)15-17-10-12-24(13-11-17)22(26)19-7-3-2-4-8-19/h2-9,14,17H,10-13,15-16H2,1H3,(H,23,25). The van der Waals surface area contributed by atoms with Crippen LogP contribution >= 0.6 is 0 Å². The molecule has 0 spiro atoms. The summed E-state index contributed by atoms with van der Waals surface area (Å²) in [5.74, 6) is 1.26. The van der Waals surface area contributed by atoms with Crippen LogP contribution in [0.3, 0.4) is 0 Å². The average molecular weight is 366 g/mol. The number of carbonyl (C=O) groups excluding carboxylic acids is 2. The lowest BCUT2D eigenvalue weighted by atomic mass is 9.93. The molecular weight excluding hydrogens is 340 g/mol. The monoisotopic (exact) mass is 366 g/mol. The molecule has 0 aromatic heterocycles. The van der Waals surface area contributed by atoms with E-state index < -0.39 is 0 Å². The summed E-state index contributed by atoms with van der Waals surface area (Å²) in [7, 11) is 1.63. The second-order valence-corrected chi connectivity index (χ2v) is 6.93. The van der Waals surface area contributed by atoms with Crippen molar-refractivity contribution in [3.8, 4) is 5.75 Å². The Kier molecular flexibility index (Phi) is 6.47. The molecule has 1 heterocycles. The predicted molar refractivity (Wildman–Crippen MR) is 105 cm³/mol. The molecule has 1 N–H and O–H groups in total. The van der Waals surface area contributed by atoms with E-state index in [1.807, 2.05) is 59.5 Å². The summed E-state index contributed by atoms with van der Waals surface area (Å²) in [5.41, 5.74) is 1.75. The maximum absolute atomic E-state index is 12.5. The van der Waals surface area contributed by atoms with E-state index in [1.54, 1.807) is 7.11 Å². The largest absolute Gasteiger partial charge is 0.497 e. The van der Waals surface area contributed by atoms with Crippen LogP contribution in [0.2, 0.25) is 0 Å². The lowest BCUT2D eigenvalue weighted by Crippen LogP contribution is -2.39. The Labute approximate surface area is 160 Å². The molecule has 2 amide bonds. The third kappa shape index (κ3) is 5.33. The molecule has 0 bridgehead atoms. The van der Waals surface area contributed by atoms with Gasteiger partial charge in [0.2, 0.25) is 5.91 Å². The molecule has 0 atom stereocenters. The Morgan fingerprint density at radius 3 is 2.52 bits per heavy atom. The van der Waals surface area contributed by atoms with E-state index >= 15 is 0 Å². The molecule has 2 aromatic carbocycles. The maximum atomic E-state index is 12.5. The summed E-state index contributed by atoms with van der Waals surface area (Å²) in [4.78, 5) is 26.6. The van der Waals surface area contributed by atoms with E-state index in [9.17, 15) is 9.59 Å². The van der Waals surface area contributed by atoms with Gasteiger partial charge < -0.3 is 15.0 Å². The molecule has 5 nitrogen and oxygen atoms in total. The Balaban J connectivity index is 1.42. The lowest BCUT2D eigenvalue weighted by Gasteiger charge is -2.31. The lowest BCUT2D eigenvalue weighted by molar-refractivity contribution is -0.122. The van der Waals surface area contributed by atoms with Crippen molar-refractivity contribution in [2.75, 3.05) is 20.2 Å². The zero-order valence-corrected chi connectivity index (χ0v) is 15.7. The number of methoxy groups -OCH3 is 1. The zero-order valence-electron chi connectivity index (χ0n) is 15.7. The van der Waals surface area contributed by atoms with Crippen LogP contribution in [0.25, 0.3) is 0 Å². The highest BCUT2D eigenvalue weighted by molar-refractivity contribution is 5.94. The number of benzene rings is 2. The topological polar surface area (TPSA) is 58.6 Å². The quantitative estimate of drug-likeness (QED) is 0.854. The summed E-state index contributed by atoms with van der Waals surface area (Å²) in [6.07, 6.45) is 2.24. The van der Waals surface area contributed by atoms with Crippen LogP contribution in [0.15, 0.2) is 54.6 Å². The molecule has 142 valence electrons. The SMILES string of the molecule is COc1cccc(CNC(=O)CC2CCN(C(=O)c3ccccc3)CC2)c1. The molecule has 0 radical (unpaired) electrons. The number of hydrogen-bond donors (Lipinski definition) is 1. The van der Waals surface area contributed by atoms with E-state index in [-0.39, 0.29) is 11.8 Å². The predicted octanol–water partition coefficient (Wildman–Crippen LogP) is 3.25. The normalized spacial score (nSPS) is 14.6. The third-order valence-electron chi connectivity index (χ3n) is 5.02. The summed E-state index contributed by atoms with van der Waals surface area (Å²) >= 11 is 0. The fourth-order valence-corrected chi connectivity index (χ4v) is 3.42. The van der Waals surface area contributed by atoms with Gasteiger partial charge in [-0.1, -0.05) is 30.3 Å². The molecule has 27 heavy (non-hydrogen) atoms. The number of nitrogens with zero attached hydrogens (tertiary/aromatic N) is 1. The fraction of sp³-hybridized carbons (Fsp3) is 0.364. The first kappa shape index (κ1) is 19.0. The number of likely N-dealkylation sites (tertiary alicyclic amines) is 1. The molecule has 5 heteroatoms. The number of rotatable bonds is 6. The number of amides is 2. The molecule has 1 aliphatic heterocycles. The van der Waals surface area contributed by atoms with Gasteiger partial charge in [0.1, 0.15) is 5.75 Å². The van der Waals surface area contributed by atoms with E-state index in [4.69, 9.17) is 4.74 Å². The number of nitrogens with one attached hydrogen (secondary N) is 1. The molecule has 1 saturated heterocycles. The van der Waals surface area contributed by atoms with Gasteiger partial charge in [-0.05, 0) is 48.6 Å². The Morgan fingerprint density at radius 2 is 1.81 bits per heavy atom. The van der Waals surface area contributed by atoms with Crippen molar-refractivity contribution in [1.82, 2.24) is 10.2 Å². The van der Waals surface area contributed by atoms with E-state index in [2.05, 4.69) is 5.32 Å². The zero-order chi connectivity index (χ0) is 19.1. The van der Waals surface area contributed by atoms with Crippen LogP contribution in [0, 0.1) is 5.92 Å². The summed E-state index contributed by atoms with van der Waals surface area (Å²) < 4.78 is 5.20. The minimum Gasteiger partial charge on any atom is -0.497 e. The molecule has 3 rings (SSSR count). The number of ether oxygens (including phenoxy) is 1. The summed E-state index contributed by atoms with van der Waals surface area (Å²) in [5, 5.41) is 2.98. The first-order chi connectivity index (χ1) is 13.2. The molecule has 0 unspecified atom stereocenters. The maximum Gasteiger partial charge on any atom is 0.253 e. The molecule has 0 aliphatic carbocycles. The Hall–Kier alpha value is -2.82. The number of carbonyl (C=O) groups is 2. The van der Waals surface area contributed by atoms with Crippen molar-refractivity contribution in [3.63, 3.8) is 0 Å². The molecule has 0 saturated carbocycles. The molecule has 1 fully saturated rings. The van der Waals surface area contributed by atoms with Crippen molar-refractivity contribution in [2.24, 2.45) is 5.92 Å². The van der Waals surface area contributed by atoms with Crippen LogP contribution < -0.4 is 10.1 Å². The van der Waals surface area contributed by atoms with E-state index in [0.29, 0.717) is 32.0 Å². The van der Waals surface area contributed by atoms with E-state index in [1.165, 1.54) is 0 Å². The summed E-state index contributed by atoms with van der Waals surface area (Å²) in [6, 6.07) is 17.1. The molecule has 1 aliphatic rings. The van der Waals surface area contributed by atoms with E-state index in [0.717, 1.165) is 29.7 Å². The van der Waals surface area contributed by atoms with Crippen LogP contribution in [-0.4, -0.2) is 36.9 Å². The minimum absolute atomic E-state index is 0.0608. The van der Waals surface area contributed by atoms with Crippen LogP contribution in [0.5, 0.6) is 5.75 Å². The fourth-order valence-electron chi connectivity index (χ4n) is 3.42. The van der Waals surface area contributed by atoms with Crippen molar-refractivity contribution < 1.29 is 14.3 Å². The Morgan fingerprint density at radius 1 is 1.07 bits per heavy atom. The van der Waals surface area contributed by atoms with Gasteiger partial charge in [-0.25, -0.2) is 0 Å². The van der Waals surface area contributed by atoms with Gasteiger partial charge >= 0.3 is 0 Å². The Bertz CT molecular complexity index is 768. The van der Waals surface area contributed by atoms with Crippen molar-refractivity contribution in [1.29, 1.82) is 0 Å². The highest BCUT2D eigenvalue weighted by Crippen LogP contribution is 2.22. The van der Waals surface area contributed by atoms with Gasteiger partial charge in [-0.2, -0.15) is 0 Å². The summed E-state index contributed by atoms with van der Waals surface area (Å²) in [6.45, 7) is 1.92. The van der Waals surface area contributed by atoms with Crippen LogP contribution in [0.4, 0.5) is 0 Å². The highest BCUT2D eigenvalue weighted by atomic mass is 16.5. The van der Waals surface area contributed by atoms with Crippen LogP contribution in [-0.2, 0) is 11.3 Å².